The van der Waals surface area contributed by atoms with E-state index in [0.717, 1.165) is 0 Å². The molecule has 3 rings (SSSR count). The number of halogens is 1. The number of nitrogens with one attached hydrogen (secondary N) is 1. The number of likely N-dealkylation sites (tertiary alicyclic amines) is 1. The first-order valence-corrected chi connectivity index (χ1v) is 10.6. The summed E-state index contributed by atoms with van der Waals surface area (Å²) < 4.78 is 19.6. The molecule has 0 bridgehead atoms. The lowest BCUT2D eigenvalue weighted by Crippen LogP contribution is -2.32. The Morgan fingerprint density at radius 3 is 2.52 bits per heavy atom. The van der Waals surface area contributed by atoms with Gasteiger partial charge < -0.3 is 24.6 Å². The minimum absolute atomic E-state index is 0.113. The number of ketones is 1. The normalized spacial score (nSPS) is 17.8. The third-order valence-electron chi connectivity index (χ3n) is 5.81. The SMILES string of the molecule is COC(=O)c1[nH]c(C)c(/C(O)=C2\C(=O)C(=O)N(CCCN(C)C)[C@H]2c2ccccc2F)c1C. The smallest absolute Gasteiger partial charge is 0.354 e. The van der Waals surface area contributed by atoms with Crippen LogP contribution in [-0.2, 0) is 14.3 Å². The van der Waals surface area contributed by atoms with E-state index in [1.165, 1.54) is 30.2 Å². The minimum atomic E-state index is -1.09. The van der Waals surface area contributed by atoms with Crippen molar-refractivity contribution in [1.29, 1.82) is 0 Å². The molecule has 0 unspecified atom stereocenters. The number of rotatable bonds is 7. The number of aromatic nitrogens is 1. The Morgan fingerprint density at radius 2 is 1.91 bits per heavy atom. The van der Waals surface area contributed by atoms with Gasteiger partial charge in [-0.05, 0) is 52.5 Å². The van der Waals surface area contributed by atoms with E-state index < -0.39 is 35.3 Å². The van der Waals surface area contributed by atoms with E-state index in [4.69, 9.17) is 4.74 Å². The molecular weight excluding hydrogens is 429 g/mol. The van der Waals surface area contributed by atoms with Gasteiger partial charge in [0.2, 0.25) is 0 Å². The van der Waals surface area contributed by atoms with Gasteiger partial charge in [0.1, 0.15) is 17.3 Å². The number of methoxy groups -OCH3 is 1. The van der Waals surface area contributed by atoms with Crippen molar-refractivity contribution in [1.82, 2.24) is 14.8 Å². The van der Waals surface area contributed by atoms with Crippen LogP contribution in [0.5, 0.6) is 0 Å². The summed E-state index contributed by atoms with van der Waals surface area (Å²) in [6, 6.07) is 4.77. The Kier molecular flexibility index (Phi) is 7.02. The first-order valence-electron chi connectivity index (χ1n) is 10.6. The number of aliphatic hydroxyl groups excluding tert-OH is 1. The van der Waals surface area contributed by atoms with E-state index in [1.807, 2.05) is 19.0 Å². The number of hydrogen-bond donors (Lipinski definition) is 2. The largest absolute Gasteiger partial charge is 0.507 e. The van der Waals surface area contributed by atoms with Crippen LogP contribution < -0.4 is 0 Å². The quantitative estimate of drug-likeness (QED) is 0.287. The third kappa shape index (κ3) is 4.41. The molecule has 2 heterocycles. The van der Waals surface area contributed by atoms with Crippen molar-refractivity contribution in [2.24, 2.45) is 0 Å². The van der Waals surface area contributed by atoms with Crippen molar-refractivity contribution < 1.29 is 28.6 Å². The van der Waals surface area contributed by atoms with Gasteiger partial charge >= 0.3 is 5.97 Å². The second-order valence-electron chi connectivity index (χ2n) is 8.29. The van der Waals surface area contributed by atoms with Crippen molar-refractivity contribution in [3.05, 3.63) is 63.7 Å². The van der Waals surface area contributed by atoms with E-state index in [1.54, 1.807) is 19.9 Å². The maximum Gasteiger partial charge on any atom is 0.354 e. The molecule has 9 heteroatoms. The fourth-order valence-electron chi connectivity index (χ4n) is 4.23. The fraction of sp³-hybridized carbons (Fsp3) is 0.375. The second-order valence-corrected chi connectivity index (χ2v) is 8.29. The monoisotopic (exact) mass is 457 g/mol. The lowest BCUT2D eigenvalue weighted by atomic mass is 9.93. The molecule has 0 spiro atoms. The predicted molar refractivity (Wildman–Crippen MR) is 120 cm³/mol. The number of amides is 1. The number of aliphatic hydroxyl groups is 1. The fourth-order valence-corrected chi connectivity index (χ4v) is 4.23. The summed E-state index contributed by atoms with van der Waals surface area (Å²) in [4.78, 5) is 44.2. The van der Waals surface area contributed by atoms with Crippen LogP contribution >= 0.6 is 0 Å². The first kappa shape index (κ1) is 24.2. The lowest BCUT2D eigenvalue weighted by Gasteiger charge is -2.26. The highest BCUT2D eigenvalue weighted by molar-refractivity contribution is 6.46. The van der Waals surface area contributed by atoms with Crippen LogP contribution in [0.15, 0.2) is 29.8 Å². The molecule has 0 saturated carbocycles. The molecule has 2 aromatic rings. The van der Waals surface area contributed by atoms with Gasteiger partial charge in [0.25, 0.3) is 11.7 Å². The molecule has 1 atom stereocenters. The number of aromatic amines is 1. The standard InChI is InChI=1S/C24H28FN3O5/c1-13-17(14(2)26-19(13)24(32)33-5)21(29)18-20(15-9-6-7-10-16(15)25)28(23(31)22(18)30)12-8-11-27(3)4/h6-7,9-10,20,26,29H,8,11-12H2,1-5H3/b21-18+/t20-/m0/s1. The van der Waals surface area contributed by atoms with Crippen molar-refractivity contribution in [3.63, 3.8) is 0 Å². The molecule has 1 saturated heterocycles. The molecule has 2 N–H and O–H groups in total. The van der Waals surface area contributed by atoms with E-state index in [2.05, 4.69) is 4.98 Å². The van der Waals surface area contributed by atoms with Gasteiger partial charge in [0.05, 0.1) is 18.7 Å². The lowest BCUT2D eigenvalue weighted by molar-refractivity contribution is -0.140. The van der Waals surface area contributed by atoms with E-state index >= 15 is 0 Å². The summed E-state index contributed by atoms with van der Waals surface area (Å²) in [5.74, 6) is -3.39. The molecule has 0 radical (unpaired) electrons. The number of benzene rings is 1. The Morgan fingerprint density at radius 1 is 1.24 bits per heavy atom. The van der Waals surface area contributed by atoms with Gasteiger partial charge in [0.15, 0.2) is 0 Å². The van der Waals surface area contributed by atoms with Gasteiger partial charge in [-0.25, -0.2) is 9.18 Å². The van der Waals surface area contributed by atoms with Gasteiger partial charge in [-0.3, -0.25) is 9.59 Å². The molecule has 1 amide bonds. The van der Waals surface area contributed by atoms with E-state index in [9.17, 15) is 23.9 Å². The Bertz CT molecular complexity index is 1140. The maximum atomic E-state index is 14.8. The first-order chi connectivity index (χ1) is 15.6. The van der Waals surface area contributed by atoms with Gasteiger partial charge in [-0.2, -0.15) is 0 Å². The number of esters is 1. The number of carbonyl (C=O) groups excluding carboxylic acids is 3. The number of ether oxygens (including phenoxy) is 1. The van der Waals surface area contributed by atoms with Crippen molar-refractivity contribution in [2.45, 2.75) is 26.3 Å². The summed E-state index contributed by atoms with van der Waals surface area (Å²) in [5, 5.41) is 11.3. The summed E-state index contributed by atoms with van der Waals surface area (Å²) in [5.41, 5.74) is 1.01. The molecule has 1 aromatic heterocycles. The molecule has 0 aliphatic carbocycles. The van der Waals surface area contributed by atoms with Crippen LogP contribution in [0, 0.1) is 19.7 Å². The number of nitrogens with zero attached hydrogens (tertiary/aromatic N) is 2. The molecule has 1 fully saturated rings. The van der Waals surface area contributed by atoms with Crippen molar-refractivity contribution in [2.75, 3.05) is 34.3 Å². The maximum absolute atomic E-state index is 14.8. The van der Waals surface area contributed by atoms with Gasteiger partial charge in [-0.15, -0.1) is 0 Å². The van der Waals surface area contributed by atoms with Gasteiger partial charge in [-0.1, -0.05) is 18.2 Å². The molecule has 1 aromatic carbocycles. The number of aryl methyl sites for hydroxylation is 1. The average Bonchev–Trinajstić information content (AvgIpc) is 3.20. The zero-order valence-corrected chi connectivity index (χ0v) is 19.4. The van der Waals surface area contributed by atoms with Crippen LogP contribution in [0.2, 0.25) is 0 Å². The average molecular weight is 458 g/mol. The van der Waals surface area contributed by atoms with Crippen LogP contribution in [0.3, 0.4) is 0 Å². The number of H-pyrrole nitrogens is 1. The Labute approximate surface area is 191 Å². The number of hydrogen-bond acceptors (Lipinski definition) is 6. The summed E-state index contributed by atoms with van der Waals surface area (Å²) in [7, 11) is 5.01. The zero-order chi connectivity index (χ0) is 24.4. The highest BCUT2D eigenvalue weighted by atomic mass is 19.1. The van der Waals surface area contributed by atoms with Crippen LogP contribution in [0.25, 0.3) is 5.76 Å². The molecular formula is C24H28FN3O5. The Balaban J connectivity index is 2.20. The molecule has 8 nitrogen and oxygen atoms in total. The third-order valence-corrected chi connectivity index (χ3v) is 5.81. The Hall–Kier alpha value is -3.46. The number of carbonyl (C=O) groups is 3. The van der Waals surface area contributed by atoms with Crippen LogP contribution in [0.1, 0.15) is 45.3 Å². The summed E-state index contributed by atoms with van der Waals surface area (Å²) >= 11 is 0. The number of Topliss-reactive ketones (excluding diaryl/α,β-unsaturated/α-hetero) is 1. The van der Waals surface area contributed by atoms with Crippen LogP contribution in [0.4, 0.5) is 4.39 Å². The van der Waals surface area contributed by atoms with E-state index in [0.29, 0.717) is 24.2 Å². The molecule has 1 aliphatic rings. The highest BCUT2D eigenvalue weighted by Crippen LogP contribution is 2.41. The molecule has 33 heavy (non-hydrogen) atoms. The summed E-state index contributed by atoms with van der Waals surface area (Å²) in [6.45, 7) is 4.08. The second kappa shape index (κ2) is 9.58. The molecule has 1 aliphatic heterocycles. The topological polar surface area (TPSA) is 103 Å². The van der Waals surface area contributed by atoms with Crippen molar-refractivity contribution >= 4 is 23.4 Å². The predicted octanol–water partition coefficient (Wildman–Crippen LogP) is 2.93. The minimum Gasteiger partial charge on any atom is -0.507 e. The summed E-state index contributed by atoms with van der Waals surface area (Å²) in [6.07, 6.45) is 0.555. The van der Waals surface area contributed by atoms with Crippen molar-refractivity contribution in [3.8, 4) is 0 Å². The highest BCUT2D eigenvalue weighted by Gasteiger charge is 2.47. The zero-order valence-electron chi connectivity index (χ0n) is 19.4. The van der Waals surface area contributed by atoms with E-state index in [-0.39, 0.29) is 28.9 Å². The molecule has 176 valence electrons. The van der Waals surface area contributed by atoms with Crippen LogP contribution in [-0.4, -0.2) is 71.8 Å². The van der Waals surface area contributed by atoms with Gasteiger partial charge in [0, 0.05) is 23.4 Å².